The lowest BCUT2D eigenvalue weighted by atomic mass is 9.85. The van der Waals surface area contributed by atoms with Crippen LogP contribution in [-0.2, 0) is 9.53 Å². The number of nitrogens with one attached hydrogen (secondary N) is 2. The topological polar surface area (TPSA) is 119 Å². The van der Waals surface area contributed by atoms with E-state index in [2.05, 4.69) is 26.9 Å². The summed E-state index contributed by atoms with van der Waals surface area (Å²) < 4.78 is 7.51. The number of aliphatic imine (C=N–C) groups is 2. The molecule has 1 aromatic heterocycles. The number of hydrogen-bond donors (Lipinski definition) is 3. The van der Waals surface area contributed by atoms with E-state index in [9.17, 15) is 4.79 Å². The molecular formula is C24H31Cl2N7O2. The molecule has 11 heteroatoms. The number of para-hydroxylation sites is 1. The number of hydrogen-bond acceptors (Lipinski definition) is 5. The lowest BCUT2D eigenvalue weighted by molar-refractivity contribution is -0.122. The van der Waals surface area contributed by atoms with Crippen molar-refractivity contribution in [2.45, 2.75) is 57.5 Å². The number of aryl methyl sites for hydroxylation is 1. The molecule has 1 aliphatic heterocycles. The molecule has 1 amide bonds. The van der Waals surface area contributed by atoms with Crippen molar-refractivity contribution in [2.24, 2.45) is 21.6 Å². The fourth-order valence-electron chi connectivity index (χ4n) is 4.69. The summed E-state index contributed by atoms with van der Waals surface area (Å²) in [6.07, 6.45) is 4.70. The molecule has 1 aromatic carbocycles. The predicted molar refractivity (Wildman–Crippen MR) is 141 cm³/mol. The van der Waals surface area contributed by atoms with E-state index in [1.54, 1.807) is 18.2 Å². The predicted octanol–water partition coefficient (Wildman–Crippen LogP) is 4.92. The zero-order valence-corrected chi connectivity index (χ0v) is 21.3. The van der Waals surface area contributed by atoms with Crippen LogP contribution < -0.4 is 16.4 Å². The number of primary amides is 1. The van der Waals surface area contributed by atoms with Crippen LogP contribution in [0.15, 0.2) is 28.2 Å². The van der Waals surface area contributed by atoms with E-state index in [-0.39, 0.29) is 23.9 Å². The van der Waals surface area contributed by atoms with Gasteiger partial charge in [-0.25, -0.2) is 9.98 Å². The summed E-state index contributed by atoms with van der Waals surface area (Å²) in [5.74, 6) is 1.32. The van der Waals surface area contributed by atoms with Gasteiger partial charge in [-0.2, -0.15) is 4.99 Å². The Morgan fingerprint density at radius 1 is 1.17 bits per heavy atom. The molecule has 0 bridgehead atoms. The van der Waals surface area contributed by atoms with Gasteiger partial charge in [0.1, 0.15) is 0 Å². The summed E-state index contributed by atoms with van der Waals surface area (Å²) in [4.78, 5) is 25.5. The second-order valence-electron chi connectivity index (χ2n) is 8.97. The zero-order chi connectivity index (χ0) is 24.9. The number of benzene rings is 1. The summed E-state index contributed by atoms with van der Waals surface area (Å²) in [5.41, 5.74) is 6.86. The second kappa shape index (κ2) is 11.4. The summed E-state index contributed by atoms with van der Waals surface area (Å²) >= 11 is 12.9. The fourth-order valence-corrected chi connectivity index (χ4v) is 5.18. The number of nitrogens with zero attached hydrogens (tertiary/aromatic N) is 4. The van der Waals surface area contributed by atoms with Gasteiger partial charge in [-0.3, -0.25) is 9.36 Å². The first-order valence-electron chi connectivity index (χ1n) is 11.9. The van der Waals surface area contributed by atoms with E-state index < -0.39 is 0 Å². The van der Waals surface area contributed by atoms with Crippen LogP contribution >= 0.6 is 23.2 Å². The van der Waals surface area contributed by atoms with Crippen molar-refractivity contribution in [1.82, 2.24) is 14.9 Å². The molecule has 188 valence electrons. The summed E-state index contributed by atoms with van der Waals surface area (Å²) in [6, 6.07) is 5.60. The van der Waals surface area contributed by atoms with Crippen LogP contribution in [0.5, 0.6) is 0 Å². The molecule has 9 nitrogen and oxygen atoms in total. The minimum atomic E-state index is -0.247. The normalized spacial score (nSPS) is 21.5. The van der Waals surface area contributed by atoms with Gasteiger partial charge in [0.15, 0.2) is 5.82 Å². The van der Waals surface area contributed by atoms with E-state index in [4.69, 9.17) is 43.6 Å². The highest BCUT2D eigenvalue weighted by Gasteiger charge is 2.30. The van der Waals surface area contributed by atoms with Crippen LogP contribution in [0, 0.1) is 12.8 Å². The molecule has 1 saturated carbocycles. The Kier molecular flexibility index (Phi) is 8.30. The minimum absolute atomic E-state index is 0.0588. The van der Waals surface area contributed by atoms with Crippen molar-refractivity contribution in [3.8, 4) is 0 Å². The number of carbonyl (C=O) groups is 1. The molecule has 0 radical (unpaired) electrons. The highest BCUT2D eigenvalue weighted by Crippen LogP contribution is 2.41. The van der Waals surface area contributed by atoms with E-state index in [0.717, 1.165) is 31.4 Å². The SMILES string of the molecule is C=N/C(=N\c1c(C)nc(Nc2c(Cl)cccc2Cl)n1[C@H]1CC[C@@H](C(N)=O)CC1)NC1CCOCC1. The van der Waals surface area contributed by atoms with Gasteiger partial charge in [0, 0.05) is 31.2 Å². The molecule has 1 saturated heterocycles. The van der Waals surface area contributed by atoms with E-state index >= 15 is 0 Å². The Morgan fingerprint density at radius 2 is 1.83 bits per heavy atom. The maximum absolute atomic E-state index is 11.7. The molecule has 1 aliphatic carbocycles. The number of imidazole rings is 1. The molecule has 4 N–H and O–H groups in total. The van der Waals surface area contributed by atoms with Crippen LogP contribution in [0.25, 0.3) is 0 Å². The van der Waals surface area contributed by atoms with Crippen molar-refractivity contribution < 1.29 is 9.53 Å². The first-order valence-corrected chi connectivity index (χ1v) is 12.6. The number of rotatable bonds is 6. The van der Waals surface area contributed by atoms with Gasteiger partial charge in [-0.1, -0.05) is 29.3 Å². The van der Waals surface area contributed by atoms with Gasteiger partial charge < -0.3 is 21.1 Å². The molecule has 4 rings (SSSR count). The monoisotopic (exact) mass is 519 g/mol. The Balaban J connectivity index is 1.71. The second-order valence-corrected chi connectivity index (χ2v) is 9.78. The third-order valence-corrected chi connectivity index (χ3v) is 7.26. The number of guanidine groups is 1. The number of ether oxygens (including phenoxy) is 1. The van der Waals surface area contributed by atoms with Crippen molar-refractivity contribution >= 4 is 59.2 Å². The minimum Gasteiger partial charge on any atom is -0.381 e. The van der Waals surface area contributed by atoms with Gasteiger partial charge in [-0.05, 0) is 64.3 Å². The Hall–Kier alpha value is -2.62. The van der Waals surface area contributed by atoms with Gasteiger partial charge >= 0.3 is 0 Å². The third-order valence-electron chi connectivity index (χ3n) is 6.63. The molecular weight excluding hydrogens is 489 g/mol. The van der Waals surface area contributed by atoms with Gasteiger partial charge in [0.05, 0.1) is 21.4 Å². The average molecular weight is 520 g/mol. The van der Waals surface area contributed by atoms with Crippen molar-refractivity contribution in [2.75, 3.05) is 18.5 Å². The van der Waals surface area contributed by atoms with Crippen molar-refractivity contribution in [3.63, 3.8) is 0 Å². The van der Waals surface area contributed by atoms with Crippen molar-refractivity contribution in [3.05, 3.63) is 33.9 Å². The first kappa shape index (κ1) is 25.5. The lowest BCUT2D eigenvalue weighted by Gasteiger charge is -2.29. The van der Waals surface area contributed by atoms with Crippen LogP contribution in [0.3, 0.4) is 0 Å². The van der Waals surface area contributed by atoms with Gasteiger partial charge in [-0.15, -0.1) is 0 Å². The van der Waals surface area contributed by atoms with Crippen LogP contribution in [0.1, 0.15) is 50.3 Å². The Labute approximate surface area is 215 Å². The number of amides is 1. The Morgan fingerprint density at radius 3 is 2.43 bits per heavy atom. The zero-order valence-electron chi connectivity index (χ0n) is 19.8. The van der Waals surface area contributed by atoms with E-state index in [0.29, 0.717) is 59.5 Å². The standard InChI is InChI=1S/C24H31Cl2N7O2/c1-14-22(32-23(28-2)30-16-10-12-35-13-11-16)33(17-8-6-15(7-9-17)21(27)34)24(29-14)31-20-18(25)4-3-5-19(20)26/h3-5,15-17H,2,6-13H2,1H3,(H2,27,34)(H,29,31)(H,30,32)/t15-,17+. The van der Waals surface area contributed by atoms with Gasteiger partial charge in [0.2, 0.25) is 17.8 Å². The Bertz CT molecular complexity index is 1080. The summed E-state index contributed by atoms with van der Waals surface area (Å²) in [5, 5.41) is 7.68. The largest absolute Gasteiger partial charge is 0.381 e. The molecule has 2 aromatic rings. The maximum atomic E-state index is 11.7. The van der Waals surface area contributed by atoms with E-state index in [1.165, 1.54) is 0 Å². The molecule has 35 heavy (non-hydrogen) atoms. The van der Waals surface area contributed by atoms with Gasteiger partial charge in [0.25, 0.3) is 0 Å². The molecule has 0 spiro atoms. The third kappa shape index (κ3) is 5.97. The smallest absolute Gasteiger partial charge is 0.224 e. The molecule has 0 unspecified atom stereocenters. The quantitative estimate of drug-likeness (QED) is 0.369. The van der Waals surface area contributed by atoms with Crippen molar-refractivity contribution in [1.29, 1.82) is 0 Å². The highest BCUT2D eigenvalue weighted by atomic mass is 35.5. The highest BCUT2D eigenvalue weighted by molar-refractivity contribution is 6.39. The number of aromatic nitrogens is 2. The first-order chi connectivity index (χ1) is 16.9. The van der Waals surface area contributed by atoms with E-state index in [1.807, 2.05) is 6.92 Å². The van der Waals surface area contributed by atoms with Crippen LogP contribution in [0.4, 0.5) is 17.5 Å². The summed E-state index contributed by atoms with van der Waals surface area (Å²) in [6.45, 7) is 7.02. The molecule has 2 aliphatic rings. The molecule has 0 atom stereocenters. The lowest BCUT2D eigenvalue weighted by Crippen LogP contribution is -2.38. The summed E-state index contributed by atoms with van der Waals surface area (Å²) in [7, 11) is 0. The fraction of sp³-hybridized carbons (Fsp3) is 0.500. The number of nitrogens with two attached hydrogens (primary N) is 1. The van der Waals surface area contributed by atoms with Crippen LogP contribution in [0.2, 0.25) is 10.0 Å². The molecule has 2 heterocycles. The van der Waals surface area contributed by atoms with Crippen LogP contribution in [-0.4, -0.2) is 47.4 Å². The number of anilines is 2. The molecule has 2 fully saturated rings. The average Bonchev–Trinajstić information content (AvgIpc) is 3.16. The maximum Gasteiger partial charge on any atom is 0.224 e. The number of carbonyl (C=O) groups excluding carboxylic acids is 1. The number of halogens is 2.